The van der Waals surface area contributed by atoms with Crippen LogP contribution in [0.2, 0.25) is 0 Å². The van der Waals surface area contributed by atoms with Crippen molar-refractivity contribution in [3.8, 4) is 17.0 Å². The van der Waals surface area contributed by atoms with Gasteiger partial charge in [0.1, 0.15) is 6.10 Å². The van der Waals surface area contributed by atoms with Crippen molar-refractivity contribution >= 4 is 31.9 Å². The predicted octanol–water partition coefficient (Wildman–Crippen LogP) is 7.40. The van der Waals surface area contributed by atoms with Crippen molar-refractivity contribution < 1.29 is 26.8 Å². The molecule has 1 aliphatic rings. The second kappa shape index (κ2) is 15.4. The van der Waals surface area contributed by atoms with Crippen molar-refractivity contribution in [2.45, 2.75) is 69.0 Å². The van der Waals surface area contributed by atoms with Gasteiger partial charge in [-0.2, -0.15) is 8.42 Å². The van der Waals surface area contributed by atoms with Crippen LogP contribution in [-0.4, -0.2) is 61.6 Å². The minimum absolute atomic E-state index is 0.135. The summed E-state index contributed by atoms with van der Waals surface area (Å²) in [5.74, 6) is 0.644. The second-order valence-corrected chi connectivity index (χ2v) is 13.9. The van der Waals surface area contributed by atoms with E-state index in [1.807, 2.05) is 37.6 Å². The third kappa shape index (κ3) is 8.37. The van der Waals surface area contributed by atoms with Crippen LogP contribution < -0.4 is 4.74 Å². The van der Waals surface area contributed by atoms with Crippen LogP contribution in [-0.2, 0) is 30.8 Å². The summed E-state index contributed by atoms with van der Waals surface area (Å²) in [6, 6.07) is 19.3. The van der Waals surface area contributed by atoms with Gasteiger partial charge in [-0.1, -0.05) is 29.8 Å². The molecular formula is C37H43N3O6S. The molecule has 0 amide bonds. The van der Waals surface area contributed by atoms with E-state index in [4.69, 9.17) is 18.4 Å². The third-order valence-corrected chi connectivity index (χ3v) is 10.1. The maximum Gasteiger partial charge on any atom is 0.296 e. The fourth-order valence-corrected chi connectivity index (χ4v) is 6.80. The van der Waals surface area contributed by atoms with E-state index in [0.29, 0.717) is 25.5 Å². The molecule has 0 spiro atoms. The van der Waals surface area contributed by atoms with Gasteiger partial charge in [-0.25, -0.2) is 4.98 Å². The van der Waals surface area contributed by atoms with Crippen molar-refractivity contribution in [1.29, 1.82) is 0 Å². The maximum absolute atomic E-state index is 12.2. The SMILES string of the molecule is Cc1ccc(S(=O)(=O)OCCCCCOCCCCOC2CC(Oc3ccc(-c4ccc5c6cnccc6n(C)c5c4)cn3)C2)cc1. The number of aryl methyl sites for hydroxylation is 2. The first kappa shape index (κ1) is 33.1. The molecule has 0 saturated heterocycles. The molecule has 47 heavy (non-hydrogen) atoms. The monoisotopic (exact) mass is 657 g/mol. The Morgan fingerprint density at radius 1 is 0.766 bits per heavy atom. The fourth-order valence-electron chi connectivity index (χ4n) is 5.86. The standard InChI is InChI=1S/C37H43N3O6S/c1-27-8-12-32(13-9-27)47(41,42)45-21-5-3-4-18-43-19-6-7-20-44-30-23-31(24-30)46-37-15-11-29(25-39-37)28-10-14-33-34-26-38-17-16-35(34)40(2)36(33)22-28/h8-17,22,25-26,30-31H,3-7,18-21,23-24H2,1-2H3. The average Bonchev–Trinajstić information content (AvgIpc) is 3.35. The van der Waals surface area contributed by atoms with Gasteiger partial charge >= 0.3 is 0 Å². The van der Waals surface area contributed by atoms with Gasteiger partial charge in [0.25, 0.3) is 10.1 Å². The quantitative estimate of drug-likeness (QED) is 0.0754. The molecule has 0 bridgehead atoms. The minimum atomic E-state index is -3.68. The first-order valence-corrected chi connectivity index (χ1v) is 17.9. The van der Waals surface area contributed by atoms with Gasteiger partial charge < -0.3 is 18.8 Å². The zero-order chi connectivity index (χ0) is 32.6. The van der Waals surface area contributed by atoms with Crippen LogP contribution in [0.3, 0.4) is 0 Å². The number of rotatable bonds is 17. The van der Waals surface area contributed by atoms with Crippen molar-refractivity contribution in [2.24, 2.45) is 7.05 Å². The van der Waals surface area contributed by atoms with Crippen molar-refractivity contribution in [2.75, 3.05) is 26.4 Å². The molecule has 3 heterocycles. The fraction of sp³-hybridized carbons (Fsp3) is 0.405. The number of benzene rings is 2. The van der Waals surface area contributed by atoms with Crippen LogP contribution in [0.4, 0.5) is 0 Å². The summed E-state index contributed by atoms with van der Waals surface area (Å²) < 4.78 is 49.6. The molecule has 10 heteroatoms. The largest absolute Gasteiger partial charge is 0.474 e. The highest BCUT2D eigenvalue weighted by Gasteiger charge is 2.31. The summed E-state index contributed by atoms with van der Waals surface area (Å²) in [4.78, 5) is 9.07. The van der Waals surface area contributed by atoms with Crippen LogP contribution in [0.15, 0.2) is 84.1 Å². The molecule has 248 valence electrons. The van der Waals surface area contributed by atoms with E-state index < -0.39 is 10.1 Å². The Bertz CT molecular complexity index is 1870. The first-order chi connectivity index (χ1) is 22.9. The van der Waals surface area contributed by atoms with E-state index in [9.17, 15) is 8.42 Å². The zero-order valence-corrected chi connectivity index (χ0v) is 28.0. The number of ether oxygens (including phenoxy) is 3. The molecule has 3 aromatic heterocycles. The lowest BCUT2D eigenvalue weighted by Crippen LogP contribution is -2.39. The van der Waals surface area contributed by atoms with E-state index in [-0.39, 0.29) is 23.7 Å². The molecule has 2 aromatic carbocycles. The number of nitrogens with zero attached hydrogens (tertiary/aromatic N) is 3. The van der Waals surface area contributed by atoms with Crippen LogP contribution in [0, 0.1) is 6.92 Å². The summed E-state index contributed by atoms with van der Waals surface area (Å²) in [6.07, 6.45) is 12.1. The highest BCUT2D eigenvalue weighted by Crippen LogP contribution is 2.32. The molecule has 6 rings (SSSR count). The number of pyridine rings is 2. The molecule has 0 unspecified atom stereocenters. The van der Waals surface area contributed by atoms with Gasteiger partial charge in [0.2, 0.25) is 5.88 Å². The summed E-state index contributed by atoms with van der Waals surface area (Å²) in [5.41, 5.74) is 5.52. The highest BCUT2D eigenvalue weighted by molar-refractivity contribution is 7.86. The van der Waals surface area contributed by atoms with Crippen molar-refractivity contribution in [3.05, 3.63) is 84.8 Å². The van der Waals surface area contributed by atoms with Crippen molar-refractivity contribution in [3.63, 3.8) is 0 Å². The summed E-state index contributed by atoms with van der Waals surface area (Å²) >= 11 is 0. The third-order valence-electron chi connectivity index (χ3n) is 8.74. The summed E-state index contributed by atoms with van der Waals surface area (Å²) in [5, 5.41) is 2.36. The molecule has 1 saturated carbocycles. The smallest absolute Gasteiger partial charge is 0.296 e. The van der Waals surface area contributed by atoms with E-state index >= 15 is 0 Å². The van der Waals surface area contributed by atoms with E-state index in [1.165, 1.54) is 16.4 Å². The lowest BCUT2D eigenvalue weighted by molar-refractivity contribution is -0.0636. The summed E-state index contributed by atoms with van der Waals surface area (Å²) in [6.45, 7) is 4.19. The van der Waals surface area contributed by atoms with E-state index in [2.05, 4.69) is 45.8 Å². The van der Waals surface area contributed by atoms with E-state index in [1.54, 1.807) is 24.3 Å². The molecule has 5 aromatic rings. The number of hydrogen-bond acceptors (Lipinski definition) is 8. The van der Waals surface area contributed by atoms with Crippen LogP contribution in [0.5, 0.6) is 5.88 Å². The van der Waals surface area contributed by atoms with Crippen LogP contribution in [0.1, 0.15) is 50.5 Å². The van der Waals surface area contributed by atoms with Crippen LogP contribution in [0.25, 0.3) is 32.9 Å². The molecular weight excluding hydrogens is 614 g/mol. The lowest BCUT2D eigenvalue weighted by atomic mass is 9.92. The number of unbranched alkanes of at least 4 members (excludes halogenated alkanes) is 3. The molecule has 0 aliphatic heterocycles. The Labute approximate surface area is 277 Å². The second-order valence-electron chi connectivity index (χ2n) is 12.2. The first-order valence-electron chi connectivity index (χ1n) is 16.5. The van der Waals surface area contributed by atoms with Crippen molar-refractivity contribution in [1.82, 2.24) is 14.5 Å². The van der Waals surface area contributed by atoms with Gasteiger partial charge in [0.15, 0.2) is 0 Å². The number of fused-ring (bicyclic) bond motifs is 3. The minimum Gasteiger partial charge on any atom is -0.474 e. The van der Waals surface area contributed by atoms with Gasteiger partial charge in [0.05, 0.1) is 23.1 Å². The maximum atomic E-state index is 12.2. The number of hydrogen-bond donors (Lipinski definition) is 0. The van der Waals surface area contributed by atoms with Gasteiger partial charge in [0, 0.05) is 86.2 Å². The normalized spacial score (nSPS) is 16.5. The molecule has 0 N–H and O–H groups in total. The molecule has 1 fully saturated rings. The Kier molecular flexibility index (Phi) is 10.8. The van der Waals surface area contributed by atoms with Gasteiger partial charge in [-0.05, 0) is 74.9 Å². The molecule has 0 atom stereocenters. The topological polar surface area (TPSA) is 102 Å². The van der Waals surface area contributed by atoms with E-state index in [0.717, 1.165) is 67.2 Å². The van der Waals surface area contributed by atoms with Gasteiger partial charge in [-0.3, -0.25) is 9.17 Å². The molecule has 1 aliphatic carbocycles. The predicted molar refractivity (Wildman–Crippen MR) is 183 cm³/mol. The Morgan fingerprint density at radius 3 is 2.30 bits per heavy atom. The van der Waals surface area contributed by atoms with Crippen LogP contribution >= 0.6 is 0 Å². The molecule has 0 radical (unpaired) electrons. The Morgan fingerprint density at radius 2 is 1.51 bits per heavy atom. The average molecular weight is 658 g/mol. The lowest BCUT2D eigenvalue weighted by Gasteiger charge is -2.34. The zero-order valence-electron chi connectivity index (χ0n) is 27.1. The van der Waals surface area contributed by atoms with Gasteiger partial charge in [-0.15, -0.1) is 0 Å². The number of aromatic nitrogens is 3. The Hall–Kier alpha value is -3.83. The summed E-state index contributed by atoms with van der Waals surface area (Å²) in [7, 11) is -1.60. The molecule has 9 nitrogen and oxygen atoms in total. The highest BCUT2D eigenvalue weighted by atomic mass is 32.2. The Balaban J connectivity index is 0.797.